The summed E-state index contributed by atoms with van der Waals surface area (Å²) in [4.78, 5) is 7.10. The van der Waals surface area contributed by atoms with Crippen LogP contribution in [-0.4, -0.2) is 27.7 Å². The van der Waals surface area contributed by atoms with E-state index < -0.39 is 11.9 Å². The molecule has 17 heavy (non-hydrogen) atoms. The molecule has 1 atom stereocenters. The molecule has 0 bridgehead atoms. The molecule has 2 N–H and O–H groups in total. The number of aliphatic hydroxyl groups is 1. The largest absolute Gasteiger partial charge is 0.433 e. The molecule has 96 valence electrons. The van der Waals surface area contributed by atoms with Crippen LogP contribution < -0.4 is 5.32 Å². The summed E-state index contributed by atoms with van der Waals surface area (Å²) < 4.78 is 37.1. The minimum absolute atomic E-state index is 0.0507. The molecule has 0 saturated carbocycles. The lowest BCUT2D eigenvalue weighted by atomic mass is 10.2. The summed E-state index contributed by atoms with van der Waals surface area (Å²) in [6, 6.07) is 0.731. The van der Waals surface area contributed by atoms with Crippen molar-refractivity contribution in [3.8, 4) is 0 Å². The number of hydrogen-bond donors (Lipinski definition) is 2. The number of rotatable bonds is 5. The van der Waals surface area contributed by atoms with Crippen molar-refractivity contribution >= 4 is 5.95 Å². The highest BCUT2D eigenvalue weighted by molar-refractivity contribution is 5.27. The minimum Gasteiger partial charge on any atom is -0.396 e. The normalized spacial score (nSPS) is 13.5. The van der Waals surface area contributed by atoms with Gasteiger partial charge in [-0.05, 0) is 25.8 Å². The summed E-state index contributed by atoms with van der Waals surface area (Å²) >= 11 is 0. The molecule has 1 aromatic heterocycles. The Labute approximate surface area is 96.9 Å². The quantitative estimate of drug-likeness (QED) is 0.838. The van der Waals surface area contributed by atoms with Gasteiger partial charge in [0.1, 0.15) is 5.69 Å². The van der Waals surface area contributed by atoms with Crippen molar-refractivity contribution in [2.45, 2.75) is 32.0 Å². The Balaban J connectivity index is 2.66. The second kappa shape index (κ2) is 5.81. The van der Waals surface area contributed by atoms with Crippen LogP contribution in [0.1, 0.15) is 25.5 Å². The molecule has 0 aliphatic rings. The Kier molecular flexibility index (Phi) is 4.68. The standard InChI is InChI=1S/C10H14F3N3O/c1-7(3-2-6-17)15-9-14-5-4-8(16-9)10(11,12)13/h4-5,7,17H,2-3,6H2,1H3,(H,14,15,16). The van der Waals surface area contributed by atoms with Crippen molar-refractivity contribution in [3.63, 3.8) is 0 Å². The lowest BCUT2D eigenvalue weighted by molar-refractivity contribution is -0.141. The number of aromatic nitrogens is 2. The van der Waals surface area contributed by atoms with Gasteiger partial charge in [0.2, 0.25) is 5.95 Å². The second-order valence-corrected chi connectivity index (χ2v) is 3.67. The van der Waals surface area contributed by atoms with Crippen LogP contribution >= 0.6 is 0 Å². The van der Waals surface area contributed by atoms with E-state index in [4.69, 9.17) is 5.11 Å². The van der Waals surface area contributed by atoms with Gasteiger partial charge < -0.3 is 10.4 Å². The maximum Gasteiger partial charge on any atom is 0.433 e. The van der Waals surface area contributed by atoms with Gasteiger partial charge in [0.15, 0.2) is 0 Å². The summed E-state index contributed by atoms with van der Waals surface area (Å²) in [6.07, 6.45) is -2.19. The fourth-order valence-corrected chi connectivity index (χ4v) is 1.28. The third-order valence-corrected chi connectivity index (χ3v) is 2.12. The molecule has 1 heterocycles. The molecular formula is C10H14F3N3O. The molecule has 1 rings (SSSR count). The number of hydrogen-bond acceptors (Lipinski definition) is 4. The molecule has 0 spiro atoms. The smallest absolute Gasteiger partial charge is 0.396 e. The lowest BCUT2D eigenvalue weighted by Gasteiger charge is -2.14. The first kappa shape index (κ1) is 13.7. The van der Waals surface area contributed by atoms with Crippen molar-refractivity contribution in [1.29, 1.82) is 0 Å². The van der Waals surface area contributed by atoms with Crippen LogP contribution in [0, 0.1) is 0 Å². The highest BCUT2D eigenvalue weighted by atomic mass is 19.4. The van der Waals surface area contributed by atoms with E-state index in [1.54, 1.807) is 6.92 Å². The van der Waals surface area contributed by atoms with Crippen molar-refractivity contribution < 1.29 is 18.3 Å². The third-order valence-electron chi connectivity index (χ3n) is 2.12. The third kappa shape index (κ3) is 4.56. The zero-order valence-corrected chi connectivity index (χ0v) is 9.33. The minimum atomic E-state index is -4.46. The number of nitrogens with zero attached hydrogens (tertiary/aromatic N) is 2. The van der Waals surface area contributed by atoms with Crippen molar-refractivity contribution in [3.05, 3.63) is 18.0 Å². The molecule has 7 heteroatoms. The molecular weight excluding hydrogens is 235 g/mol. The van der Waals surface area contributed by atoms with Gasteiger partial charge in [-0.3, -0.25) is 0 Å². The predicted octanol–water partition coefficient (Wildman–Crippen LogP) is 2.07. The molecule has 0 aromatic carbocycles. The molecule has 0 aliphatic carbocycles. The fraction of sp³-hybridized carbons (Fsp3) is 0.600. The van der Waals surface area contributed by atoms with E-state index in [0.717, 1.165) is 12.3 Å². The van der Waals surface area contributed by atoms with Gasteiger partial charge in [-0.25, -0.2) is 9.97 Å². The SMILES string of the molecule is CC(CCCO)Nc1nccc(C(F)(F)F)n1. The fourth-order valence-electron chi connectivity index (χ4n) is 1.28. The first-order valence-electron chi connectivity index (χ1n) is 5.21. The Bertz CT molecular complexity index is 357. The van der Waals surface area contributed by atoms with Gasteiger partial charge in [0.25, 0.3) is 0 Å². The van der Waals surface area contributed by atoms with E-state index in [1.165, 1.54) is 0 Å². The number of anilines is 1. The Hall–Kier alpha value is -1.37. The van der Waals surface area contributed by atoms with E-state index in [2.05, 4.69) is 15.3 Å². The molecule has 0 radical (unpaired) electrons. The van der Waals surface area contributed by atoms with E-state index >= 15 is 0 Å². The first-order valence-corrected chi connectivity index (χ1v) is 5.21. The van der Waals surface area contributed by atoms with Gasteiger partial charge in [-0.15, -0.1) is 0 Å². The van der Waals surface area contributed by atoms with Crippen LogP contribution in [0.15, 0.2) is 12.3 Å². The van der Waals surface area contributed by atoms with Gasteiger partial charge in [0.05, 0.1) is 0 Å². The van der Waals surface area contributed by atoms with Gasteiger partial charge in [-0.1, -0.05) is 0 Å². The predicted molar refractivity (Wildman–Crippen MR) is 56.4 cm³/mol. The van der Waals surface area contributed by atoms with E-state index in [1.807, 2.05) is 0 Å². The molecule has 1 unspecified atom stereocenters. The van der Waals surface area contributed by atoms with Crippen molar-refractivity contribution in [2.24, 2.45) is 0 Å². The Morgan fingerprint density at radius 1 is 1.47 bits per heavy atom. The van der Waals surface area contributed by atoms with Crippen LogP contribution in [0.5, 0.6) is 0 Å². The van der Waals surface area contributed by atoms with Crippen LogP contribution in [0.2, 0.25) is 0 Å². The second-order valence-electron chi connectivity index (χ2n) is 3.67. The topological polar surface area (TPSA) is 58.0 Å². The van der Waals surface area contributed by atoms with Gasteiger partial charge in [-0.2, -0.15) is 13.2 Å². The summed E-state index contributed by atoms with van der Waals surface area (Å²) in [5.41, 5.74) is -0.968. The number of aliphatic hydroxyl groups excluding tert-OH is 1. The lowest BCUT2D eigenvalue weighted by Crippen LogP contribution is -2.19. The highest BCUT2D eigenvalue weighted by Crippen LogP contribution is 2.27. The van der Waals surface area contributed by atoms with Crippen LogP contribution in [0.3, 0.4) is 0 Å². The molecule has 0 amide bonds. The van der Waals surface area contributed by atoms with E-state index in [9.17, 15) is 13.2 Å². The zero-order chi connectivity index (χ0) is 12.9. The summed E-state index contributed by atoms with van der Waals surface area (Å²) in [5, 5.41) is 11.4. The Morgan fingerprint density at radius 3 is 2.76 bits per heavy atom. The molecule has 0 fully saturated rings. The summed E-state index contributed by atoms with van der Waals surface area (Å²) in [7, 11) is 0. The van der Waals surface area contributed by atoms with E-state index in [-0.39, 0.29) is 18.6 Å². The molecule has 0 saturated heterocycles. The summed E-state index contributed by atoms with van der Waals surface area (Å²) in [5.74, 6) is -0.0507. The average Bonchev–Trinajstić information content (AvgIpc) is 2.25. The van der Waals surface area contributed by atoms with Crippen molar-refractivity contribution in [1.82, 2.24) is 9.97 Å². The molecule has 1 aromatic rings. The first-order chi connectivity index (χ1) is 7.93. The van der Waals surface area contributed by atoms with Crippen LogP contribution in [0.4, 0.5) is 19.1 Å². The van der Waals surface area contributed by atoms with Crippen LogP contribution in [-0.2, 0) is 6.18 Å². The highest BCUT2D eigenvalue weighted by Gasteiger charge is 2.32. The van der Waals surface area contributed by atoms with E-state index in [0.29, 0.717) is 12.8 Å². The van der Waals surface area contributed by atoms with Gasteiger partial charge in [0, 0.05) is 18.8 Å². The van der Waals surface area contributed by atoms with Gasteiger partial charge >= 0.3 is 6.18 Å². The Morgan fingerprint density at radius 2 is 2.18 bits per heavy atom. The number of nitrogens with one attached hydrogen (secondary N) is 1. The van der Waals surface area contributed by atoms with Crippen molar-refractivity contribution in [2.75, 3.05) is 11.9 Å². The molecule has 0 aliphatic heterocycles. The molecule has 4 nitrogen and oxygen atoms in total. The zero-order valence-electron chi connectivity index (χ0n) is 9.33. The number of alkyl halides is 3. The van der Waals surface area contributed by atoms with Crippen LogP contribution in [0.25, 0.3) is 0 Å². The summed E-state index contributed by atoms with van der Waals surface area (Å²) in [6.45, 7) is 1.84. The average molecular weight is 249 g/mol. The number of halogens is 3. The maximum absolute atomic E-state index is 12.4. The maximum atomic E-state index is 12.4. The monoisotopic (exact) mass is 249 g/mol.